The van der Waals surface area contributed by atoms with Crippen LogP contribution in [0.2, 0.25) is 0 Å². The molecule has 0 aliphatic rings. The molecule has 1 radical (unpaired) electrons. The van der Waals surface area contributed by atoms with Crippen LogP contribution >= 0.6 is 0 Å². The predicted octanol–water partition coefficient (Wildman–Crippen LogP) is 2.93. The molecule has 3 rings (SSSR count). The van der Waals surface area contributed by atoms with Crippen molar-refractivity contribution in [2.24, 2.45) is 0 Å². The molecule has 0 fully saturated rings. The van der Waals surface area contributed by atoms with E-state index in [9.17, 15) is 29.7 Å². The molecule has 3 aromatic rings. The van der Waals surface area contributed by atoms with Crippen LogP contribution in [0.1, 0.15) is 37.5 Å². The fourth-order valence-electron chi connectivity index (χ4n) is 2.61. The minimum Gasteiger partial charge on any atom is -0.872 e. The first-order chi connectivity index (χ1) is 17.1. The van der Waals surface area contributed by atoms with Crippen LogP contribution in [-0.4, -0.2) is 17.3 Å². The third-order valence-corrected chi connectivity index (χ3v) is 4.18. The SMILES string of the molecule is CC(=O)C=C([O-])c1ccccc1.CC(=O)C=C([O-])c1ccccc1.CC(=O)C=C([O-])c1ccccc1.[Fe+3]. The summed E-state index contributed by atoms with van der Waals surface area (Å²) in [6.07, 6.45) is 3.28. The van der Waals surface area contributed by atoms with Gasteiger partial charge in [0.25, 0.3) is 0 Å². The molecule has 0 amide bonds. The molecular formula is C30H27FeO6. The van der Waals surface area contributed by atoms with Crippen molar-refractivity contribution < 1.29 is 46.8 Å². The summed E-state index contributed by atoms with van der Waals surface area (Å²) in [5.41, 5.74) is 1.65. The van der Waals surface area contributed by atoms with Gasteiger partial charge >= 0.3 is 17.1 Å². The Morgan fingerprint density at radius 2 is 0.649 bits per heavy atom. The van der Waals surface area contributed by atoms with Crippen LogP contribution in [0.5, 0.6) is 0 Å². The van der Waals surface area contributed by atoms with Gasteiger partial charge in [0.05, 0.1) is 0 Å². The summed E-state index contributed by atoms with van der Waals surface area (Å²) in [5.74, 6) is -1.36. The zero-order chi connectivity index (χ0) is 26.9. The molecule has 0 aliphatic heterocycles. The average molecular weight is 539 g/mol. The Bertz CT molecular complexity index is 1060. The van der Waals surface area contributed by atoms with E-state index in [-0.39, 0.29) is 51.7 Å². The standard InChI is InChI=1S/3C10H10O2.Fe/c3*1-8(11)7-10(12)9-5-3-2-4-6-9;/h3*2-7,12H,1H3;/q;;;+3/p-3. The molecule has 0 heterocycles. The number of ketones is 3. The van der Waals surface area contributed by atoms with E-state index in [0.29, 0.717) is 16.7 Å². The number of carbonyl (C=O) groups is 3. The Morgan fingerprint density at radius 3 is 0.811 bits per heavy atom. The molecule has 0 spiro atoms. The van der Waals surface area contributed by atoms with E-state index < -0.39 is 0 Å². The van der Waals surface area contributed by atoms with Crippen molar-refractivity contribution in [3.63, 3.8) is 0 Å². The van der Waals surface area contributed by atoms with Gasteiger partial charge in [0.15, 0.2) is 17.3 Å². The molecule has 6 nitrogen and oxygen atoms in total. The fraction of sp³-hybridized carbons (Fsp3) is 0.100. The van der Waals surface area contributed by atoms with Crippen LogP contribution in [-0.2, 0) is 31.5 Å². The Balaban J connectivity index is 0.000000518. The van der Waals surface area contributed by atoms with E-state index in [1.165, 1.54) is 20.8 Å². The summed E-state index contributed by atoms with van der Waals surface area (Å²) in [6, 6.07) is 26.2. The summed E-state index contributed by atoms with van der Waals surface area (Å²) in [6.45, 7) is 4.09. The molecule has 0 atom stereocenters. The molecule has 3 aromatic carbocycles. The van der Waals surface area contributed by atoms with Gasteiger partial charge in [-0.25, -0.2) is 0 Å². The summed E-state index contributed by atoms with van der Waals surface area (Å²) in [5, 5.41) is 33.5. The van der Waals surface area contributed by atoms with Crippen molar-refractivity contribution in [1.29, 1.82) is 0 Å². The maximum Gasteiger partial charge on any atom is 3.00 e. The number of benzene rings is 3. The smallest absolute Gasteiger partial charge is 0.872 e. The van der Waals surface area contributed by atoms with Gasteiger partial charge in [0, 0.05) is 0 Å². The zero-order valence-electron chi connectivity index (χ0n) is 20.7. The first kappa shape index (κ1) is 32.8. The molecular weight excluding hydrogens is 512 g/mol. The summed E-state index contributed by atoms with van der Waals surface area (Å²) in [7, 11) is 0. The van der Waals surface area contributed by atoms with Crippen molar-refractivity contribution in [2.75, 3.05) is 0 Å². The van der Waals surface area contributed by atoms with E-state index in [4.69, 9.17) is 0 Å². The van der Waals surface area contributed by atoms with Crippen molar-refractivity contribution in [3.8, 4) is 0 Å². The number of hydrogen-bond acceptors (Lipinski definition) is 6. The summed E-state index contributed by atoms with van der Waals surface area (Å²) >= 11 is 0. The molecule has 0 saturated carbocycles. The van der Waals surface area contributed by atoms with Crippen molar-refractivity contribution >= 4 is 34.6 Å². The van der Waals surface area contributed by atoms with Crippen molar-refractivity contribution in [2.45, 2.75) is 20.8 Å². The molecule has 0 N–H and O–H groups in total. The van der Waals surface area contributed by atoms with Crippen molar-refractivity contribution in [3.05, 3.63) is 126 Å². The van der Waals surface area contributed by atoms with E-state index >= 15 is 0 Å². The van der Waals surface area contributed by atoms with Gasteiger partial charge in [-0.3, -0.25) is 14.4 Å². The second-order valence-electron chi connectivity index (χ2n) is 7.46. The van der Waals surface area contributed by atoms with Crippen LogP contribution in [0.15, 0.2) is 109 Å². The second-order valence-corrected chi connectivity index (χ2v) is 7.46. The number of hydrogen-bond donors (Lipinski definition) is 0. The van der Waals surface area contributed by atoms with E-state index in [1.807, 2.05) is 18.2 Å². The molecule has 37 heavy (non-hydrogen) atoms. The maximum atomic E-state index is 11.2. The first-order valence-electron chi connectivity index (χ1n) is 10.9. The normalized spacial score (nSPS) is 10.9. The average Bonchev–Trinajstić information content (AvgIpc) is 2.85. The Hall–Kier alpha value is -4.19. The molecule has 0 unspecified atom stereocenters. The molecule has 0 aromatic heterocycles. The van der Waals surface area contributed by atoms with Crippen molar-refractivity contribution in [1.82, 2.24) is 0 Å². The minimum atomic E-state index is -0.233. The Morgan fingerprint density at radius 1 is 0.459 bits per heavy atom. The second kappa shape index (κ2) is 18.1. The monoisotopic (exact) mass is 539 g/mol. The minimum absolute atomic E-state index is 0. The third-order valence-electron chi connectivity index (χ3n) is 4.18. The number of rotatable bonds is 6. The first-order valence-corrected chi connectivity index (χ1v) is 10.9. The zero-order valence-corrected chi connectivity index (χ0v) is 21.8. The molecule has 0 saturated heterocycles. The molecule has 0 bridgehead atoms. The van der Waals surface area contributed by atoms with Gasteiger partial charge in [-0.2, -0.15) is 0 Å². The van der Waals surface area contributed by atoms with Gasteiger partial charge in [-0.15, -0.1) is 0 Å². The van der Waals surface area contributed by atoms with Crippen LogP contribution in [0.3, 0.4) is 0 Å². The van der Waals surface area contributed by atoms with Gasteiger partial charge in [0.1, 0.15) is 0 Å². The summed E-state index contributed by atoms with van der Waals surface area (Å²) < 4.78 is 0. The summed E-state index contributed by atoms with van der Waals surface area (Å²) in [4.78, 5) is 31.7. The fourth-order valence-corrected chi connectivity index (χ4v) is 2.61. The quantitative estimate of drug-likeness (QED) is 0.270. The molecule has 7 heteroatoms. The van der Waals surface area contributed by atoms with Crippen LogP contribution in [0.25, 0.3) is 17.3 Å². The predicted molar refractivity (Wildman–Crippen MR) is 135 cm³/mol. The molecule has 191 valence electrons. The largest absolute Gasteiger partial charge is 3.00 e. The third kappa shape index (κ3) is 14.7. The number of carbonyl (C=O) groups excluding carboxylic acids is 3. The topological polar surface area (TPSA) is 120 Å². The van der Waals surface area contributed by atoms with E-state index in [2.05, 4.69) is 0 Å². The Labute approximate surface area is 227 Å². The van der Waals surface area contributed by atoms with E-state index in [1.54, 1.807) is 72.8 Å². The van der Waals surface area contributed by atoms with Crippen LogP contribution < -0.4 is 15.3 Å². The van der Waals surface area contributed by atoms with Gasteiger partial charge in [0.2, 0.25) is 0 Å². The van der Waals surface area contributed by atoms with Gasteiger partial charge < -0.3 is 15.3 Å². The Kier molecular flexibility index (Phi) is 16.1. The number of allylic oxidation sites excluding steroid dienone is 3. The van der Waals surface area contributed by atoms with E-state index in [0.717, 1.165) is 18.2 Å². The maximum absolute atomic E-state index is 11.2. The van der Waals surface area contributed by atoms with Gasteiger partial charge in [-0.1, -0.05) is 108 Å². The van der Waals surface area contributed by atoms with Gasteiger partial charge in [-0.05, 0) is 55.7 Å². The van der Waals surface area contributed by atoms with Crippen LogP contribution in [0, 0.1) is 0 Å². The molecule has 0 aliphatic carbocycles. The van der Waals surface area contributed by atoms with Crippen LogP contribution in [0.4, 0.5) is 0 Å².